The number of hydrogen-bond acceptors (Lipinski definition) is 8. The summed E-state index contributed by atoms with van der Waals surface area (Å²) in [7, 11) is -1.21. The Bertz CT molecular complexity index is 2480. The lowest BCUT2D eigenvalue weighted by atomic mass is 9.97. The van der Waals surface area contributed by atoms with E-state index in [0.717, 1.165) is 9.54 Å². The number of amides is 1. The second-order valence-electron chi connectivity index (χ2n) is 13.0. The second kappa shape index (κ2) is 12.5. The molecule has 1 saturated carbocycles. The zero-order chi connectivity index (χ0) is 35.6. The van der Waals surface area contributed by atoms with Crippen molar-refractivity contribution in [1.82, 2.24) is 33.2 Å². The first-order chi connectivity index (χ1) is 24.6. The van der Waals surface area contributed by atoms with E-state index in [1.54, 1.807) is 43.8 Å². The van der Waals surface area contributed by atoms with Gasteiger partial charge in [0.15, 0.2) is 5.65 Å². The van der Waals surface area contributed by atoms with Crippen molar-refractivity contribution < 1.29 is 27.1 Å². The summed E-state index contributed by atoms with van der Waals surface area (Å²) in [6.45, 7) is 2.36. The third-order valence-corrected chi connectivity index (χ3v) is 11.6. The Labute approximate surface area is 292 Å². The molecule has 51 heavy (non-hydrogen) atoms. The van der Waals surface area contributed by atoms with Crippen LogP contribution in [0.1, 0.15) is 37.8 Å². The van der Waals surface area contributed by atoms with Gasteiger partial charge in [0.2, 0.25) is 5.95 Å². The van der Waals surface area contributed by atoms with Gasteiger partial charge in [-0.1, -0.05) is 42.5 Å². The smallest absolute Gasteiger partial charge is 0.407 e. The van der Waals surface area contributed by atoms with Crippen molar-refractivity contribution in [3.8, 4) is 22.4 Å². The average molecular weight is 714 g/mol. The molecule has 0 saturated heterocycles. The van der Waals surface area contributed by atoms with Crippen molar-refractivity contribution in [2.75, 3.05) is 13.2 Å². The molecular weight excluding hydrogens is 678 g/mol. The quantitative estimate of drug-likeness (QED) is 0.266. The van der Waals surface area contributed by atoms with Crippen LogP contribution < -0.4 is 11.0 Å². The van der Waals surface area contributed by atoms with Crippen molar-refractivity contribution in [3.05, 3.63) is 89.0 Å². The summed E-state index contributed by atoms with van der Waals surface area (Å²) >= 11 is 0. The summed E-state index contributed by atoms with van der Waals surface area (Å²) in [5.74, 6) is -0.862. The van der Waals surface area contributed by atoms with Gasteiger partial charge in [0.25, 0.3) is 10.0 Å². The molecule has 3 atom stereocenters. The number of pyridine rings is 1. The molecular formula is C36H36FN7O6S. The minimum atomic E-state index is -4.41. The van der Waals surface area contributed by atoms with Gasteiger partial charge in [0.1, 0.15) is 0 Å². The Kier molecular flexibility index (Phi) is 8.06. The highest BCUT2D eigenvalue weighted by Gasteiger charge is 2.41. The number of fused-ring (bicyclic) bond motifs is 5. The SMILES string of the molecule is CCOC(=O)N[C@H]1C[C@H]2C[C@H]1OCCCc1ccc(cc1)-c1c(-c3cn(C)nc3F)n(S(=O)(=O)c3ccccc3)c3ncc4c(c13)n2c(=O)n4C. The first-order valence-electron chi connectivity index (χ1n) is 16.9. The van der Waals surface area contributed by atoms with Gasteiger partial charge in [-0.05, 0) is 55.9 Å². The number of carbonyl (C=O) groups is 1. The van der Waals surface area contributed by atoms with Gasteiger partial charge in [-0.15, -0.1) is 5.10 Å². The molecule has 0 unspecified atom stereocenters. The van der Waals surface area contributed by atoms with Crippen LogP contribution in [0.3, 0.4) is 0 Å². The van der Waals surface area contributed by atoms with Gasteiger partial charge < -0.3 is 14.8 Å². The molecule has 264 valence electrons. The first kappa shape index (κ1) is 32.9. The fourth-order valence-corrected chi connectivity index (χ4v) is 9.16. The Morgan fingerprint density at radius 1 is 1.10 bits per heavy atom. The molecule has 1 N–H and O–H groups in total. The minimum Gasteiger partial charge on any atom is -0.450 e. The van der Waals surface area contributed by atoms with Crippen LogP contribution in [-0.2, 0) is 40.0 Å². The van der Waals surface area contributed by atoms with Crippen molar-refractivity contribution in [3.63, 3.8) is 0 Å². The molecule has 2 aromatic carbocycles. The molecule has 4 bridgehead atoms. The summed E-state index contributed by atoms with van der Waals surface area (Å²) in [5, 5.41) is 7.25. The number of nitrogens with zero attached hydrogens (tertiary/aromatic N) is 6. The van der Waals surface area contributed by atoms with E-state index < -0.39 is 40.3 Å². The van der Waals surface area contributed by atoms with Gasteiger partial charge in [-0.2, -0.15) is 4.39 Å². The molecule has 13 nitrogen and oxygen atoms in total. The highest BCUT2D eigenvalue weighted by Crippen LogP contribution is 2.46. The van der Waals surface area contributed by atoms with Crippen LogP contribution >= 0.6 is 0 Å². The topological polar surface area (TPSA) is 144 Å². The number of nitrogens with one attached hydrogen (secondary N) is 1. The monoisotopic (exact) mass is 713 g/mol. The summed E-state index contributed by atoms with van der Waals surface area (Å²) < 4.78 is 62.6. The maximum absolute atomic E-state index is 15.9. The predicted molar refractivity (Wildman–Crippen MR) is 187 cm³/mol. The number of alkyl carbamates (subject to hydrolysis) is 1. The van der Waals surface area contributed by atoms with E-state index >= 15 is 4.39 Å². The minimum absolute atomic E-state index is 0.0208. The largest absolute Gasteiger partial charge is 0.450 e. The van der Waals surface area contributed by atoms with Crippen molar-refractivity contribution in [2.24, 2.45) is 14.1 Å². The maximum Gasteiger partial charge on any atom is 0.407 e. The molecule has 1 fully saturated rings. The van der Waals surface area contributed by atoms with Gasteiger partial charge in [0, 0.05) is 38.5 Å². The Morgan fingerprint density at radius 2 is 1.86 bits per heavy atom. The lowest BCUT2D eigenvalue weighted by Crippen LogP contribution is -2.41. The van der Waals surface area contributed by atoms with Crippen LogP contribution in [0.2, 0.25) is 0 Å². The van der Waals surface area contributed by atoms with E-state index in [1.165, 1.54) is 33.8 Å². The molecule has 1 aliphatic carbocycles. The van der Waals surface area contributed by atoms with Crippen LogP contribution in [0.4, 0.5) is 9.18 Å². The summed E-state index contributed by atoms with van der Waals surface area (Å²) in [6.07, 6.45) is 4.08. The molecule has 1 amide bonds. The average Bonchev–Trinajstić information content (AvgIpc) is 3.84. The third-order valence-electron chi connectivity index (χ3n) is 9.92. The van der Waals surface area contributed by atoms with Crippen molar-refractivity contribution in [2.45, 2.75) is 55.7 Å². The Hall–Kier alpha value is -5.28. The van der Waals surface area contributed by atoms with Crippen LogP contribution in [0.15, 0.2) is 76.7 Å². The van der Waals surface area contributed by atoms with Gasteiger partial charge in [-0.3, -0.25) is 13.8 Å². The van der Waals surface area contributed by atoms with E-state index in [4.69, 9.17) is 14.5 Å². The maximum atomic E-state index is 15.9. The molecule has 6 aromatic rings. The highest BCUT2D eigenvalue weighted by molar-refractivity contribution is 7.90. The lowest BCUT2D eigenvalue weighted by molar-refractivity contribution is 0.0356. The molecule has 0 radical (unpaired) electrons. The number of halogens is 1. The van der Waals surface area contributed by atoms with Gasteiger partial charge in [0.05, 0.1) is 57.5 Å². The summed E-state index contributed by atoms with van der Waals surface area (Å²) in [6, 6.07) is 14.7. The molecule has 15 heteroatoms. The van der Waals surface area contributed by atoms with Gasteiger partial charge >= 0.3 is 11.8 Å². The number of carbonyl (C=O) groups excluding carboxylic acids is 1. The lowest BCUT2D eigenvalue weighted by Gasteiger charge is -2.20. The fraction of sp³-hybridized carbons (Fsp3) is 0.333. The normalized spacial score (nSPS) is 19.1. The third kappa shape index (κ3) is 5.33. The summed E-state index contributed by atoms with van der Waals surface area (Å²) in [4.78, 5) is 31.6. The fourth-order valence-electron chi connectivity index (χ4n) is 7.65. The van der Waals surface area contributed by atoms with E-state index in [-0.39, 0.29) is 34.1 Å². The number of aryl methyl sites for hydroxylation is 3. The van der Waals surface area contributed by atoms with Gasteiger partial charge in [-0.25, -0.2) is 27.0 Å². The van der Waals surface area contributed by atoms with Crippen LogP contribution in [0, 0.1) is 5.95 Å². The number of ether oxygens (including phenoxy) is 2. The molecule has 0 spiro atoms. The van der Waals surface area contributed by atoms with Crippen LogP contribution in [0.25, 0.3) is 44.5 Å². The number of rotatable bonds is 5. The molecule has 4 aromatic heterocycles. The summed E-state index contributed by atoms with van der Waals surface area (Å²) in [5.41, 5.74) is 2.60. The van der Waals surface area contributed by atoms with Crippen molar-refractivity contribution >= 4 is 38.2 Å². The zero-order valence-electron chi connectivity index (χ0n) is 28.2. The standard InChI is InChI=1S/C36H36FN7O6S/c1-4-49-35(45)39-26-17-23-18-28(26)50-16-8-9-21-12-14-22(15-13-21)29-30-32-27(42(3)36(46)43(23)32)19-38-34(30)44(31(29)25-20-41(2)40-33(25)37)51(47,48)24-10-6-5-7-11-24/h5-7,10-15,19-20,23,26,28H,4,8-9,16-18H2,1-3H3,(H,39,45)/t23-,26-,28+/m0/s1. The van der Waals surface area contributed by atoms with E-state index in [2.05, 4.69) is 10.4 Å². The van der Waals surface area contributed by atoms with Crippen LogP contribution in [0.5, 0.6) is 0 Å². The molecule has 2 aliphatic heterocycles. The molecule has 6 heterocycles. The first-order valence-corrected chi connectivity index (χ1v) is 18.3. The Morgan fingerprint density at radius 3 is 2.57 bits per heavy atom. The molecule has 9 rings (SSSR count). The van der Waals surface area contributed by atoms with Crippen LogP contribution in [-0.4, -0.2) is 67.7 Å². The second-order valence-corrected chi connectivity index (χ2v) is 14.8. The van der Waals surface area contributed by atoms with Crippen molar-refractivity contribution in [1.29, 1.82) is 0 Å². The highest BCUT2D eigenvalue weighted by atomic mass is 32.2. The van der Waals surface area contributed by atoms with E-state index in [0.29, 0.717) is 59.8 Å². The predicted octanol–water partition coefficient (Wildman–Crippen LogP) is 4.91. The number of imidazole rings is 1. The van der Waals surface area contributed by atoms with E-state index in [9.17, 15) is 18.0 Å². The number of aromatic nitrogens is 6. The number of hydrogen-bond donors (Lipinski definition) is 1. The van der Waals surface area contributed by atoms with E-state index in [1.807, 2.05) is 24.3 Å². The number of benzene rings is 2. The Balaban J connectivity index is 1.51. The zero-order valence-corrected chi connectivity index (χ0v) is 29.1. The molecule has 3 aliphatic rings.